The molecule has 0 aliphatic heterocycles. The summed E-state index contributed by atoms with van der Waals surface area (Å²) in [7, 11) is 1.61. The van der Waals surface area contributed by atoms with Gasteiger partial charge >= 0.3 is 0 Å². The summed E-state index contributed by atoms with van der Waals surface area (Å²) in [5.41, 5.74) is 7.60. The lowest BCUT2D eigenvalue weighted by molar-refractivity contribution is 0.102. The number of aromatic amines is 1. The summed E-state index contributed by atoms with van der Waals surface area (Å²) in [6.07, 6.45) is 0. The second-order valence-electron chi connectivity index (χ2n) is 5.03. The summed E-state index contributed by atoms with van der Waals surface area (Å²) in [5, 5.41) is 12.6. The van der Waals surface area contributed by atoms with Gasteiger partial charge in [-0.05, 0) is 36.4 Å². The molecule has 0 atom stereocenters. The number of rotatable bonds is 5. The molecule has 3 rings (SSSR count). The minimum absolute atomic E-state index is 0.263. The Hall–Kier alpha value is -3.48. The predicted octanol–water partition coefficient (Wildman–Crippen LogP) is 3.00. The van der Waals surface area contributed by atoms with Gasteiger partial charge in [-0.3, -0.25) is 9.89 Å². The topological polar surface area (TPSA) is 105 Å². The number of aromatic nitrogens is 2. The van der Waals surface area contributed by atoms with Gasteiger partial charge in [-0.2, -0.15) is 5.10 Å². The number of nitrogens with two attached hydrogens (primary N) is 1. The van der Waals surface area contributed by atoms with E-state index in [9.17, 15) is 4.79 Å². The average molecular weight is 323 g/mol. The number of hydrogen-bond acceptors (Lipinski definition) is 5. The van der Waals surface area contributed by atoms with Crippen molar-refractivity contribution in [2.75, 3.05) is 23.5 Å². The van der Waals surface area contributed by atoms with Crippen molar-refractivity contribution in [3.8, 4) is 5.75 Å². The van der Waals surface area contributed by atoms with Crippen molar-refractivity contribution < 1.29 is 9.53 Å². The molecule has 24 heavy (non-hydrogen) atoms. The van der Waals surface area contributed by atoms with Crippen LogP contribution in [0, 0.1) is 0 Å². The molecular formula is C17H17N5O2. The lowest BCUT2D eigenvalue weighted by Crippen LogP contribution is -2.13. The number of amides is 1. The first-order chi connectivity index (χ1) is 11.7. The third kappa shape index (κ3) is 3.30. The molecule has 1 aromatic heterocycles. The van der Waals surface area contributed by atoms with Crippen molar-refractivity contribution in [3.05, 3.63) is 60.2 Å². The maximum atomic E-state index is 12.3. The molecule has 0 saturated heterocycles. The quantitative estimate of drug-likeness (QED) is 0.578. The molecule has 0 unspecified atom stereocenters. The lowest BCUT2D eigenvalue weighted by Gasteiger charge is -2.09. The maximum Gasteiger partial charge on any atom is 0.255 e. The van der Waals surface area contributed by atoms with E-state index in [1.807, 2.05) is 30.3 Å². The highest BCUT2D eigenvalue weighted by Crippen LogP contribution is 2.29. The number of hydrogen-bond donors (Lipinski definition) is 4. The molecule has 0 spiro atoms. The normalized spacial score (nSPS) is 10.2. The van der Waals surface area contributed by atoms with Crippen LogP contribution < -0.4 is 21.1 Å². The van der Waals surface area contributed by atoms with Gasteiger partial charge in [0.2, 0.25) is 0 Å². The minimum Gasteiger partial charge on any atom is -0.497 e. The highest BCUT2D eigenvalue weighted by molar-refractivity contribution is 6.07. The van der Waals surface area contributed by atoms with Crippen LogP contribution in [0.1, 0.15) is 10.4 Å². The fraction of sp³-hybridized carbons (Fsp3) is 0.0588. The van der Waals surface area contributed by atoms with Crippen LogP contribution in [-0.2, 0) is 0 Å². The summed E-state index contributed by atoms with van der Waals surface area (Å²) < 4.78 is 5.12. The Balaban J connectivity index is 1.79. The van der Waals surface area contributed by atoms with E-state index in [1.165, 1.54) is 0 Å². The summed E-state index contributed by atoms with van der Waals surface area (Å²) in [5.74, 6) is 1.19. The largest absolute Gasteiger partial charge is 0.497 e. The van der Waals surface area contributed by atoms with E-state index in [1.54, 1.807) is 31.4 Å². The Morgan fingerprint density at radius 2 is 1.83 bits per heavy atom. The molecule has 1 amide bonds. The van der Waals surface area contributed by atoms with Crippen LogP contribution in [0.15, 0.2) is 54.6 Å². The van der Waals surface area contributed by atoms with E-state index >= 15 is 0 Å². The molecule has 0 aliphatic carbocycles. The fourth-order valence-electron chi connectivity index (χ4n) is 2.16. The van der Waals surface area contributed by atoms with Gasteiger partial charge in [0.05, 0.1) is 7.11 Å². The van der Waals surface area contributed by atoms with Crippen LogP contribution in [0.5, 0.6) is 5.75 Å². The average Bonchev–Trinajstić information content (AvgIpc) is 2.96. The molecule has 1 heterocycles. The summed E-state index contributed by atoms with van der Waals surface area (Å²) in [6.45, 7) is 0. The van der Waals surface area contributed by atoms with E-state index in [0.29, 0.717) is 17.1 Å². The standard InChI is InChI=1S/C17H17N5O2/c1-24-13-9-7-12(8-10-13)19-16-14(15(18)21-22-16)20-17(23)11-5-3-2-4-6-11/h2-10H,1H3,(H,20,23)(H4,18,19,21,22). The van der Waals surface area contributed by atoms with Gasteiger partial charge in [0, 0.05) is 11.3 Å². The second kappa shape index (κ2) is 6.74. The highest BCUT2D eigenvalue weighted by atomic mass is 16.5. The maximum absolute atomic E-state index is 12.3. The van der Waals surface area contributed by atoms with Crippen molar-refractivity contribution in [2.45, 2.75) is 0 Å². The molecular weight excluding hydrogens is 306 g/mol. The summed E-state index contributed by atoms with van der Waals surface area (Å²) in [6, 6.07) is 16.2. The van der Waals surface area contributed by atoms with Gasteiger partial charge in [-0.25, -0.2) is 0 Å². The predicted molar refractivity (Wildman–Crippen MR) is 93.7 cm³/mol. The number of methoxy groups -OCH3 is 1. The number of carbonyl (C=O) groups is 1. The Morgan fingerprint density at radius 3 is 2.50 bits per heavy atom. The Bertz CT molecular complexity index is 828. The van der Waals surface area contributed by atoms with Crippen LogP contribution in [0.2, 0.25) is 0 Å². The number of nitrogens with one attached hydrogen (secondary N) is 3. The smallest absolute Gasteiger partial charge is 0.255 e. The molecule has 122 valence electrons. The number of ether oxygens (including phenoxy) is 1. The number of nitrogens with zero attached hydrogens (tertiary/aromatic N) is 1. The van der Waals surface area contributed by atoms with Crippen LogP contribution in [-0.4, -0.2) is 23.2 Å². The van der Waals surface area contributed by atoms with Gasteiger partial charge in [0.25, 0.3) is 5.91 Å². The second-order valence-corrected chi connectivity index (χ2v) is 5.03. The first kappa shape index (κ1) is 15.4. The van der Waals surface area contributed by atoms with Crippen LogP contribution in [0.4, 0.5) is 23.0 Å². The Labute approximate surface area is 138 Å². The van der Waals surface area contributed by atoms with E-state index in [0.717, 1.165) is 11.4 Å². The van der Waals surface area contributed by atoms with Gasteiger partial charge in [0.15, 0.2) is 5.82 Å². The van der Waals surface area contributed by atoms with Crippen LogP contribution in [0.25, 0.3) is 0 Å². The van der Waals surface area contributed by atoms with Crippen molar-refractivity contribution >= 4 is 28.9 Å². The van der Waals surface area contributed by atoms with E-state index in [2.05, 4.69) is 20.8 Å². The molecule has 7 nitrogen and oxygen atoms in total. The fourth-order valence-corrected chi connectivity index (χ4v) is 2.16. The third-order valence-corrected chi connectivity index (χ3v) is 3.42. The molecule has 3 aromatic rings. The van der Waals surface area contributed by atoms with E-state index < -0.39 is 0 Å². The first-order valence-electron chi connectivity index (χ1n) is 7.28. The van der Waals surface area contributed by atoms with E-state index in [4.69, 9.17) is 10.5 Å². The number of H-pyrrole nitrogens is 1. The van der Waals surface area contributed by atoms with Gasteiger partial charge in [-0.1, -0.05) is 18.2 Å². The minimum atomic E-state index is -0.263. The van der Waals surface area contributed by atoms with Crippen LogP contribution in [0.3, 0.4) is 0 Å². The molecule has 0 fully saturated rings. The molecule has 7 heteroatoms. The Morgan fingerprint density at radius 1 is 1.12 bits per heavy atom. The number of carbonyl (C=O) groups excluding carboxylic acids is 1. The monoisotopic (exact) mass is 323 g/mol. The number of benzene rings is 2. The third-order valence-electron chi connectivity index (χ3n) is 3.42. The van der Waals surface area contributed by atoms with Crippen LogP contribution >= 0.6 is 0 Å². The zero-order valence-corrected chi connectivity index (χ0v) is 13.0. The summed E-state index contributed by atoms with van der Waals surface area (Å²) in [4.78, 5) is 12.3. The zero-order chi connectivity index (χ0) is 16.9. The number of anilines is 4. The lowest BCUT2D eigenvalue weighted by atomic mass is 10.2. The zero-order valence-electron chi connectivity index (χ0n) is 13.0. The van der Waals surface area contributed by atoms with Crippen molar-refractivity contribution in [2.24, 2.45) is 0 Å². The van der Waals surface area contributed by atoms with Crippen molar-refractivity contribution in [1.82, 2.24) is 10.2 Å². The van der Waals surface area contributed by atoms with Gasteiger partial charge in [0.1, 0.15) is 17.3 Å². The summed E-state index contributed by atoms with van der Waals surface area (Å²) >= 11 is 0. The molecule has 0 bridgehead atoms. The highest BCUT2D eigenvalue weighted by Gasteiger charge is 2.15. The van der Waals surface area contributed by atoms with Crippen molar-refractivity contribution in [3.63, 3.8) is 0 Å². The Kier molecular flexibility index (Phi) is 4.33. The SMILES string of the molecule is COc1ccc(Nc2n[nH]c(N)c2NC(=O)c2ccccc2)cc1. The molecule has 0 aliphatic rings. The number of nitrogen functional groups attached to an aromatic ring is 1. The molecule has 0 saturated carbocycles. The molecule has 2 aromatic carbocycles. The molecule has 0 radical (unpaired) electrons. The van der Waals surface area contributed by atoms with Gasteiger partial charge < -0.3 is 21.1 Å². The molecule has 5 N–H and O–H groups in total. The first-order valence-corrected chi connectivity index (χ1v) is 7.28. The van der Waals surface area contributed by atoms with Crippen molar-refractivity contribution in [1.29, 1.82) is 0 Å². The van der Waals surface area contributed by atoms with E-state index in [-0.39, 0.29) is 11.7 Å². The van der Waals surface area contributed by atoms with Gasteiger partial charge in [-0.15, -0.1) is 0 Å².